The quantitative estimate of drug-likeness (QED) is 0.676. The Morgan fingerprint density at radius 1 is 0.742 bits per heavy atom. The highest BCUT2D eigenvalue weighted by atomic mass is 16.5. The zero-order valence-corrected chi connectivity index (χ0v) is 19.0. The standard InChI is InChI=1S/C25H35N3O3/c1-29-23-18-25(31-3)24(30-2)17-20(23)19-26-11-9-22(10-12-26)28-15-13-27(14-16-28)21-7-5-4-6-8-21/h4-8,17-18,22H,9-16,19H2,1-3H3. The summed E-state index contributed by atoms with van der Waals surface area (Å²) in [4.78, 5) is 7.74. The first-order valence-corrected chi connectivity index (χ1v) is 11.3. The molecule has 0 amide bonds. The van der Waals surface area contributed by atoms with Crippen LogP contribution in [0.25, 0.3) is 0 Å². The van der Waals surface area contributed by atoms with Crippen LogP contribution in [0.1, 0.15) is 18.4 Å². The van der Waals surface area contributed by atoms with E-state index in [1.165, 1.54) is 18.5 Å². The predicted octanol–water partition coefficient (Wildman–Crippen LogP) is 3.50. The summed E-state index contributed by atoms with van der Waals surface area (Å²) in [6.07, 6.45) is 2.45. The maximum atomic E-state index is 5.62. The molecule has 0 unspecified atom stereocenters. The molecule has 0 atom stereocenters. The second-order valence-electron chi connectivity index (χ2n) is 8.38. The summed E-state index contributed by atoms with van der Waals surface area (Å²) in [5.74, 6) is 2.32. The van der Waals surface area contributed by atoms with Gasteiger partial charge in [-0.25, -0.2) is 0 Å². The molecule has 0 bridgehead atoms. The van der Waals surface area contributed by atoms with Gasteiger partial charge in [-0.1, -0.05) is 18.2 Å². The van der Waals surface area contributed by atoms with Crippen LogP contribution in [0.15, 0.2) is 42.5 Å². The highest BCUT2D eigenvalue weighted by Gasteiger charge is 2.28. The third-order valence-corrected chi connectivity index (χ3v) is 6.69. The fraction of sp³-hybridized carbons (Fsp3) is 0.520. The molecular weight excluding hydrogens is 390 g/mol. The average molecular weight is 426 g/mol. The van der Waals surface area contributed by atoms with E-state index in [2.05, 4.69) is 45.0 Å². The zero-order chi connectivity index (χ0) is 21.6. The largest absolute Gasteiger partial charge is 0.496 e. The predicted molar refractivity (Wildman–Crippen MR) is 125 cm³/mol. The molecule has 2 heterocycles. The second-order valence-corrected chi connectivity index (χ2v) is 8.38. The van der Waals surface area contributed by atoms with Crippen LogP contribution in [-0.4, -0.2) is 76.4 Å². The van der Waals surface area contributed by atoms with Crippen LogP contribution in [0, 0.1) is 0 Å². The highest BCUT2D eigenvalue weighted by Crippen LogP contribution is 2.35. The van der Waals surface area contributed by atoms with Crippen LogP contribution in [0.3, 0.4) is 0 Å². The van der Waals surface area contributed by atoms with Crippen LogP contribution in [0.2, 0.25) is 0 Å². The van der Waals surface area contributed by atoms with Crippen molar-refractivity contribution in [1.82, 2.24) is 9.80 Å². The Kier molecular flexibility index (Phi) is 7.20. The van der Waals surface area contributed by atoms with E-state index in [0.29, 0.717) is 11.8 Å². The second kappa shape index (κ2) is 10.2. The zero-order valence-electron chi connectivity index (χ0n) is 19.0. The molecule has 2 aliphatic rings. The van der Waals surface area contributed by atoms with Gasteiger partial charge < -0.3 is 19.1 Å². The van der Waals surface area contributed by atoms with Gasteiger partial charge in [0.05, 0.1) is 21.3 Å². The van der Waals surface area contributed by atoms with Crippen molar-refractivity contribution >= 4 is 5.69 Å². The molecule has 0 aliphatic carbocycles. The molecule has 168 valence electrons. The Morgan fingerprint density at radius 2 is 1.35 bits per heavy atom. The Balaban J connectivity index is 1.30. The minimum Gasteiger partial charge on any atom is -0.496 e. The molecule has 2 aromatic carbocycles. The summed E-state index contributed by atoms with van der Waals surface area (Å²) in [5, 5.41) is 0. The first-order valence-electron chi connectivity index (χ1n) is 11.3. The number of piperidine rings is 1. The van der Waals surface area contributed by atoms with Crippen molar-refractivity contribution in [2.24, 2.45) is 0 Å². The Hall–Kier alpha value is -2.44. The topological polar surface area (TPSA) is 37.4 Å². The molecule has 2 aliphatic heterocycles. The van der Waals surface area contributed by atoms with Crippen molar-refractivity contribution in [3.05, 3.63) is 48.0 Å². The molecule has 2 aromatic rings. The smallest absolute Gasteiger partial charge is 0.164 e. The number of rotatable bonds is 7. The Morgan fingerprint density at radius 3 is 1.97 bits per heavy atom. The molecule has 4 rings (SSSR count). The lowest BCUT2D eigenvalue weighted by atomic mass is 10.0. The first-order chi connectivity index (χ1) is 15.2. The normalized spacial score (nSPS) is 18.7. The molecule has 2 fully saturated rings. The van der Waals surface area contributed by atoms with Gasteiger partial charge in [0.15, 0.2) is 11.5 Å². The summed E-state index contributed by atoms with van der Waals surface area (Å²) in [6, 6.07) is 15.5. The van der Waals surface area contributed by atoms with E-state index in [1.807, 2.05) is 12.1 Å². The number of likely N-dealkylation sites (tertiary alicyclic amines) is 1. The van der Waals surface area contributed by atoms with E-state index >= 15 is 0 Å². The molecule has 6 heteroatoms. The molecule has 0 N–H and O–H groups in total. The first kappa shape index (κ1) is 21.8. The van der Waals surface area contributed by atoms with E-state index in [-0.39, 0.29) is 0 Å². The van der Waals surface area contributed by atoms with E-state index in [9.17, 15) is 0 Å². The molecule has 2 saturated heterocycles. The van der Waals surface area contributed by atoms with E-state index in [0.717, 1.165) is 62.9 Å². The fourth-order valence-electron chi connectivity index (χ4n) is 4.88. The van der Waals surface area contributed by atoms with Crippen molar-refractivity contribution in [2.75, 3.05) is 65.5 Å². The minimum atomic E-state index is 0.696. The van der Waals surface area contributed by atoms with Gasteiger partial charge in [0.1, 0.15) is 5.75 Å². The van der Waals surface area contributed by atoms with Gasteiger partial charge in [-0.2, -0.15) is 0 Å². The maximum Gasteiger partial charge on any atom is 0.164 e. The van der Waals surface area contributed by atoms with E-state index < -0.39 is 0 Å². The van der Waals surface area contributed by atoms with Crippen LogP contribution in [-0.2, 0) is 6.54 Å². The van der Waals surface area contributed by atoms with Gasteiger partial charge in [0, 0.05) is 56.1 Å². The molecule has 0 saturated carbocycles. The average Bonchev–Trinajstić information content (AvgIpc) is 2.85. The van der Waals surface area contributed by atoms with Gasteiger partial charge in [-0.05, 0) is 44.1 Å². The van der Waals surface area contributed by atoms with Crippen molar-refractivity contribution in [1.29, 1.82) is 0 Å². The monoisotopic (exact) mass is 425 g/mol. The van der Waals surface area contributed by atoms with Crippen LogP contribution in [0.4, 0.5) is 5.69 Å². The molecular formula is C25H35N3O3. The number of hydrogen-bond donors (Lipinski definition) is 0. The van der Waals surface area contributed by atoms with Crippen molar-refractivity contribution in [2.45, 2.75) is 25.4 Å². The lowest BCUT2D eigenvalue weighted by molar-refractivity contribution is 0.0993. The van der Waals surface area contributed by atoms with Crippen molar-refractivity contribution in [3.63, 3.8) is 0 Å². The van der Waals surface area contributed by atoms with Gasteiger partial charge in [0.25, 0.3) is 0 Å². The Bertz CT molecular complexity index is 829. The molecule has 0 spiro atoms. The molecule has 6 nitrogen and oxygen atoms in total. The number of ether oxygens (including phenoxy) is 3. The van der Waals surface area contributed by atoms with E-state index in [4.69, 9.17) is 14.2 Å². The molecule has 0 radical (unpaired) electrons. The molecule has 31 heavy (non-hydrogen) atoms. The van der Waals surface area contributed by atoms with Crippen molar-refractivity contribution in [3.8, 4) is 17.2 Å². The van der Waals surface area contributed by atoms with Crippen LogP contribution >= 0.6 is 0 Å². The number of hydrogen-bond acceptors (Lipinski definition) is 6. The van der Waals surface area contributed by atoms with Gasteiger partial charge in [0.2, 0.25) is 0 Å². The van der Waals surface area contributed by atoms with Crippen molar-refractivity contribution < 1.29 is 14.2 Å². The third-order valence-electron chi connectivity index (χ3n) is 6.69. The minimum absolute atomic E-state index is 0.696. The SMILES string of the molecule is COc1cc(OC)c(OC)cc1CN1CCC(N2CCN(c3ccccc3)CC2)CC1. The number of anilines is 1. The number of para-hydroxylation sites is 1. The van der Waals surface area contributed by atoms with Gasteiger partial charge in [-0.15, -0.1) is 0 Å². The van der Waals surface area contributed by atoms with Crippen LogP contribution in [0.5, 0.6) is 17.2 Å². The summed E-state index contributed by atoms with van der Waals surface area (Å²) < 4.78 is 16.5. The fourth-order valence-corrected chi connectivity index (χ4v) is 4.88. The number of methoxy groups -OCH3 is 3. The van der Waals surface area contributed by atoms with Gasteiger partial charge >= 0.3 is 0 Å². The summed E-state index contributed by atoms with van der Waals surface area (Å²) in [7, 11) is 5.05. The Labute approximate surface area is 186 Å². The number of benzene rings is 2. The van der Waals surface area contributed by atoms with Crippen LogP contribution < -0.4 is 19.1 Å². The summed E-state index contributed by atoms with van der Waals surface area (Å²) >= 11 is 0. The lowest BCUT2D eigenvalue weighted by Crippen LogP contribution is -2.53. The number of nitrogens with zero attached hydrogens (tertiary/aromatic N) is 3. The van der Waals surface area contributed by atoms with Gasteiger partial charge in [-0.3, -0.25) is 9.80 Å². The summed E-state index contributed by atoms with van der Waals surface area (Å²) in [6.45, 7) is 7.65. The van der Waals surface area contributed by atoms with E-state index in [1.54, 1.807) is 21.3 Å². The molecule has 0 aromatic heterocycles. The number of piperazine rings is 1. The maximum absolute atomic E-state index is 5.62. The highest BCUT2D eigenvalue weighted by molar-refractivity contribution is 5.50. The summed E-state index contributed by atoms with van der Waals surface area (Å²) in [5.41, 5.74) is 2.50. The lowest BCUT2D eigenvalue weighted by Gasteiger charge is -2.43. The third kappa shape index (κ3) is 5.08.